The Bertz CT molecular complexity index is 919. The van der Waals surface area contributed by atoms with Crippen molar-refractivity contribution in [1.29, 1.82) is 0 Å². The minimum absolute atomic E-state index is 0.0382. The van der Waals surface area contributed by atoms with Gasteiger partial charge in [-0.1, -0.05) is 41.3 Å². The van der Waals surface area contributed by atoms with Crippen LogP contribution in [0.25, 0.3) is 0 Å². The summed E-state index contributed by atoms with van der Waals surface area (Å²) in [5.74, 6) is 0.231. The van der Waals surface area contributed by atoms with E-state index in [2.05, 4.69) is 14.9 Å². The Morgan fingerprint density at radius 2 is 1.69 bits per heavy atom. The Hall–Kier alpha value is -1.78. The zero-order valence-corrected chi connectivity index (χ0v) is 16.4. The highest BCUT2D eigenvalue weighted by Crippen LogP contribution is 2.10. The smallest absolute Gasteiger partial charge is 0.335 e. The van der Waals surface area contributed by atoms with Gasteiger partial charge in [0.05, 0.1) is 5.75 Å². The van der Waals surface area contributed by atoms with E-state index in [0.29, 0.717) is 25.8 Å². The zero-order valence-electron chi connectivity index (χ0n) is 14.8. The van der Waals surface area contributed by atoms with Crippen LogP contribution in [0.1, 0.15) is 36.3 Å². The first kappa shape index (κ1) is 20.5. The zero-order chi connectivity index (χ0) is 19.2. The average Bonchev–Trinajstić information content (AvgIpc) is 3.02. The van der Waals surface area contributed by atoms with Crippen LogP contribution in [-0.2, 0) is 32.0 Å². The van der Waals surface area contributed by atoms with Crippen molar-refractivity contribution in [2.45, 2.75) is 43.6 Å². The predicted molar refractivity (Wildman–Crippen MR) is 96.8 cm³/mol. The molecule has 0 aliphatic rings. The normalized spacial score (nSPS) is 12.4. The molecule has 0 aliphatic heterocycles. The Balaban J connectivity index is 1.66. The first-order valence-corrected chi connectivity index (χ1v) is 11.8. The lowest BCUT2D eigenvalue weighted by atomic mass is 10.2. The summed E-state index contributed by atoms with van der Waals surface area (Å²) < 4.78 is 54.2. The molecule has 0 spiro atoms. The highest BCUT2D eigenvalue weighted by molar-refractivity contribution is 7.90. The summed E-state index contributed by atoms with van der Waals surface area (Å²) in [5, 5.41) is 6.79. The fourth-order valence-electron chi connectivity index (χ4n) is 2.25. The molecule has 8 nitrogen and oxygen atoms in total. The molecule has 10 heteroatoms. The minimum Gasteiger partial charge on any atom is -0.413 e. The van der Waals surface area contributed by atoms with Gasteiger partial charge in [0.2, 0.25) is 25.8 Å². The van der Waals surface area contributed by atoms with Gasteiger partial charge in [-0.05, 0) is 25.3 Å². The van der Waals surface area contributed by atoms with Gasteiger partial charge in [0, 0.05) is 19.2 Å². The highest BCUT2D eigenvalue weighted by atomic mass is 32.2. The third-order valence-corrected chi connectivity index (χ3v) is 5.79. The van der Waals surface area contributed by atoms with Gasteiger partial charge in [-0.15, -0.1) is 5.10 Å². The number of aryl methyl sites for hydroxylation is 2. The van der Waals surface area contributed by atoms with E-state index in [9.17, 15) is 16.8 Å². The standard InChI is InChI=1S/C16H23N3O5S2/c1-13-7-9-14(10-8-13)12-26(22,23)17-11-5-3-4-6-15-18-19-16(24-15)25(2,20)21/h7-10,17H,3-6,11-12H2,1-2H3. The molecule has 0 radical (unpaired) electrons. The lowest BCUT2D eigenvalue weighted by Crippen LogP contribution is -2.26. The van der Waals surface area contributed by atoms with Crippen LogP contribution in [-0.4, -0.2) is 39.8 Å². The molecule has 0 fully saturated rings. The van der Waals surface area contributed by atoms with Crippen LogP contribution in [0.5, 0.6) is 0 Å². The van der Waals surface area contributed by atoms with E-state index < -0.39 is 19.9 Å². The van der Waals surface area contributed by atoms with Crippen molar-refractivity contribution in [3.05, 3.63) is 41.3 Å². The highest BCUT2D eigenvalue weighted by Gasteiger charge is 2.16. The second kappa shape index (κ2) is 8.74. The number of sulfone groups is 1. The summed E-state index contributed by atoms with van der Waals surface area (Å²) in [4.78, 5) is 0. The molecule has 1 N–H and O–H groups in total. The lowest BCUT2D eigenvalue weighted by Gasteiger charge is -2.07. The Morgan fingerprint density at radius 1 is 1.00 bits per heavy atom. The molecule has 1 aromatic carbocycles. The van der Waals surface area contributed by atoms with Crippen LogP contribution in [0.3, 0.4) is 0 Å². The maximum atomic E-state index is 12.0. The van der Waals surface area contributed by atoms with Gasteiger partial charge in [-0.25, -0.2) is 21.6 Å². The van der Waals surface area contributed by atoms with E-state index in [-0.39, 0.29) is 16.9 Å². The third kappa shape index (κ3) is 6.85. The molecule has 26 heavy (non-hydrogen) atoms. The van der Waals surface area contributed by atoms with Gasteiger partial charge >= 0.3 is 5.22 Å². The molecule has 0 unspecified atom stereocenters. The van der Waals surface area contributed by atoms with Crippen molar-refractivity contribution in [2.75, 3.05) is 12.8 Å². The van der Waals surface area contributed by atoms with Gasteiger partial charge in [0.15, 0.2) is 0 Å². The maximum absolute atomic E-state index is 12.0. The molecule has 2 aromatic rings. The van der Waals surface area contributed by atoms with Crippen molar-refractivity contribution in [3.8, 4) is 0 Å². The first-order chi connectivity index (χ1) is 12.2. The van der Waals surface area contributed by atoms with Crippen LogP contribution < -0.4 is 4.72 Å². The third-order valence-electron chi connectivity index (χ3n) is 3.63. The predicted octanol–water partition coefficient (Wildman–Crippen LogP) is 1.61. The monoisotopic (exact) mass is 401 g/mol. The topological polar surface area (TPSA) is 119 Å². The van der Waals surface area contributed by atoms with Gasteiger partial charge in [0.1, 0.15) is 0 Å². The molecule has 0 bridgehead atoms. The van der Waals surface area contributed by atoms with Crippen LogP contribution in [0.4, 0.5) is 0 Å². The summed E-state index contributed by atoms with van der Waals surface area (Å²) in [7, 11) is -6.84. The molecule has 0 atom stereocenters. The summed E-state index contributed by atoms with van der Waals surface area (Å²) in [6.45, 7) is 2.30. The molecular formula is C16H23N3O5S2. The molecule has 0 saturated carbocycles. The van der Waals surface area contributed by atoms with Gasteiger partial charge in [0.25, 0.3) is 0 Å². The molecule has 2 rings (SSSR count). The number of rotatable bonds is 10. The van der Waals surface area contributed by atoms with Crippen LogP contribution in [0, 0.1) is 6.92 Å². The molecule has 1 heterocycles. The van der Waals surface area contributed by atoms with E-state index >= 15 is 0 Å². The number of nitrogens with one attached hydrogen (secondary N) is 1. The molecule has 1 aromatic heterocycles. The summed E-state index contributed by atoms with van der Waals surface area (Å²) >= 11 is 0. The number of unbranched alkanes of at least 4 members (excludes halogenated alkanes) is 2. The molecule has 0 aliphatic carbocycles. The van der Waals surface area contributed by atoms with E-state index in [4.69, 9.17) is 4.42 Å². The fraction of sp³-hybridized carbons (Fsp3) is 0.500. The minimum atomic E-state index is -3.48. The first-order valence-electron chi connectivity index (χ1n) is 8.21. The molecule has 144 valence electrons. The Morgan fingerprint density at radius 3 is 2.31 bits per heavy atom. The average molecular weight is 402 g/mol. The number of sulfonamides is 1. The van der Waals surface area contributed by atoms with E-state index in [1.807, 2.05) is 31.2 Å². The molecule has 0 amide bonds. The number of hydrogen-bond donors (Lipinski definition) is 1. The van der Waals surface area contributed by atoms with Crippen molar-refractivity contribution >= 4 is 19.9 Å². The summed E-state index contributed by atoms with van der Waals surface area (Å²) in [6.07, 6.45) is 3.58. The van der Waals surface area contributed by atoms with Gasteiger partial charge < -0.3 is 4.42 Å². The largest absolute Gasteiger partial charge is 0.413 e. The second-order valence-corrected chi connectivity index (χ2v) is 9.88. The van der Waals surface area contributed by atoms with Crippen molar-refractivity contribution in [3.63, 3.8) is 0 Å². The van der Waals surface area contributed by atoms with Crippen LogP contribution >= 0.6 is 0 Å². The van der Waals surface area contributed by atoms with Gasteiger partial charge in [-0.2, -0.15) is 0 Å². The SMILES string of the molecule is Cc1ccc(CS(=O)(=O)NCCCCCc2nnc(S(C)(=O)=O)o2)cc1. The number of aromatic nitrogens is 2. The Kier molecular flexibility index (Phi) is 6.90. The molecule has 0 saturated heterocycles. The number of nitrogens with zero attached hydrogens (tertiary/aromatic N) is 2. The van der Waals surface area contributed by atoms with Crippen molar-refractivity contribution < 1.29 is 21.3 Å². The van der Waals surface area contributed by atoms with Crippen molar-refractivity contribution in [1.82, 2.24) is 14.9 Å². The van der Waals surface area contributed by atoms with E-state index in [1.54, 1.807) is 0 Å². The quantitative estimate of drug-likeness (QED) is 0.601. The molecular weight excluding hydrogens is 378 g/mol. The fourth-order valence-corrected chi connectivity index (χ4v) is 3.87. The number of benzene rings is 1. The lowest BCUT2D eigenvalue weighted by molar-refractivity contribution is 0.392. The van der Waals surface area contributed by atoms with Crippen LogP contribution in [0.2, 0.25) is 0 Å². The Labute approximate surface area is 154 Å². The summed E-state index contributed by atoms with van der Waals surface area (Å²) in [6, 6.07) is 7.39. The summed E-state index contributed by atoms with van der Waals surface area (Å²) in [5.41, 5.74) is 1.84. The number of hydrogen-bond acceptors (Lipinski definition) is 7. The second-order valence-electron chi connectivity index (χ2n) is 6.18. The van der Waals surface area contributed by atoms with Crippen LogP contribution in [0.15, 0.2) is 33.9 Å². The van der Waals surface area contributed by atoms with Crippen molar-refractivity contribution in [2.24, 2.45) is 0 Å². The maximum Gasteiger partial charge on any atom is 0.335 e. The van der Waals surface area contributed by atoms with E-state index in [1.165, 1.54) is 0 Å². The van der Waals surface area contributed by atoms with E-state index in [0.717, 1.165) is 23.8 Å². The van der Waals surface area contributed by atoms with Gasteiger partial charge in [-0.3, -0.25) is 0 Å².